The molecule has 0 aromatic carbocycles. The zero-order valence-corrected chi connectivity index (χ0v) is 11.0. The Morgan fingerprint density at radius 2 is 2.44 bits per heavy atom. The fourth-order valence-electron chi connectivity index (χ4n) is 2.01. The van der Waals surface area contributed by atoms with Crippen LogP contribution in [0.1, 0.15) is 36.1 Å². The van der Waals surface area contributed by atoms with Crippen LogP contribution >= 0.6 is 11.3 Å². The lowest BCUT2D eigenvalue weighted by Gasteiger charge is -2.15. The van der Waals surface area contributed by atoms with Crippen molar-refractivity contribution in [1.29, 1.82) is 0 Å². The minimum absolute atomic E-state index is 0.478. The molecule has 3 heteroatoms. The highest BCUT2D eigenvalue weighted by Crippen LogP contribution is 2.24. The minimum atomic E-state index is 0.478. The first-order valence-electron chi connectivity index (χ1n) is 6.19. The van der Waals surface area contributed by atoms with Crippen LogP contribution in [0, 0.1) is 5.92 Å². The highest BCUT2D eigenvalue weighted by Gasteiger charge is 2.16. The SMILES string of the molecule is CCc1ccc(C(C)NCC2CCOC2)s1. The van der Waals surface area contributed by atoms with Gasteiger partial charge in [0.2, 0.25) is 0 Å². The van der Waals surface area contributed by atoms with Crippen molar-refractivity contribution in [2.24, 2.45) is 5.92 Å². The number of hydrogen-bond donors (Lipinski definition) is 1. The van der Waals surface area contributed by atoms with E-state index >= 15 is 0 Å². The molecule has 0 amide bonds. The molecule has 1 aliphatic rings. The zero-order valence-electron chi connectivity index (χ0n) is 10.2. The number of ether oxygens (including phenoxy) is 1. The number of nitrogens with one attached hydrogen (secondary N) is 1. The molecule has 1 fully saturated rings. The predicted octanol–water partition coefficient (Wildman–Crippen LogP) is 3.00. The zero-order chi connectivity index (χ0) is 11.4. The maximum atomic E-state index is 5.38. The van der Waals surface area contributed by atoms with Gasteiger partial charge in [-0.3, -0.25) is 0 Å². The van der Waals surface area contributed by atoms with Crippen LogP contribution in [0.15, 0.2) is 12.1 Å². The number of hydrogen-bond acceptors (Lipinski definition) is 3. The van der Waals surface area contributed by atoms with E-state index in [1.165, 1.54) is 16.2 Å². The van der Waals surface area contributed by atoms with E-state index in [-0.39, 0.29) is 0 Å². The molecule has 1 aliphatic heterocycles. The van der Waals surface area contributed by atoms with Crippen LogP contribution in [0.2, 0.25) is 0 Å². The highest BCUT2D eigenvalue weighted by atomic mass is 32.1. The fraction of sp³-hybridized carbons (Fsp3) is 0.692. The summed E-state index contributed by atoms with van der Waals surface area (Å²) in [7, 11) is 0. The van der Waals surface area contributed by atoms with Gasteiger partial charge in [0.1, 0.15) is 0 Å². The summed E-state index contributed by atoms with van der Waals surface area (Å²) in [6.07, 6.45) is 2.36. The van der Waals surface area contributed by atoms with Gasteiger partial charge in [-0.2, -0.15) is 0 Å². The molecule has 1 saturated heterocycles. The van der Waals surface area contributed by atoms with E-state index in [1.54, 1.807) is 0 Å². The molecule has 0 radical (unpaired) electrons. The Labute approximate surface area is 102 Å². The van der Waals surface area contributed by atoms with E-state index in [4.69, 9.17) is 4.74 Å². The number of aryl methyl sites for hydroxylation is 1. The summed E-state index contributed by atoms with van der Waals surface area (Å²) in [5.41, 5.74) is 0. The van der Waals surface area contributed by atoms with Gasteiger partial charge < -0.3 is 10.1 Å². The molecule has 1 aromatic heterocycles. The summed E-state index contributed by atoms with van der Waals surface area (Å²) in [4.78, 5) is 2.93. The third kappa shape index (κ3) is 3.06. The third-order valence-electron chi connectivity index (χ3n) is 3.19. The van der Waals surface area contributed by atoms with Crippen molar-refractivity contribution in [2.75, 3.05) is 19.8 Å². The Hall–Kier alpha value is -0.380. The van der Waals surface area contributed by atoms with Gasteiger partial charge in [0.05, 0.1) is 6.61 Å². The number of rotatable bonds is 5. The summed E-state index contributed by atoms with van der Waals surface area (Å²) in [6, 6.07) is 4.98. The lowest BCUT2D eigenvalue weighted by molar-refractivity contribution is 0.184. The molecule has 16 heavy (non-hydrogen) atoms. The molecule has 2 unspecified atom stereocenters. The predicted molar refractivity (Wildman–Crippen MR) is 69.0 cm³/mol. The molecule has 0 aliphatic carbocycles. The summed E-state index contributed by atoms with van der Waals surface area (Å²) in [6.45, 7) is 7.43. The molecule has 2 rings (SSSR count). The molecule has 90 valence electrons. The molecule has 0 saturated carbocycles. The first kappa shape index (κ1) is 12.1. The van der Waals surface area contributed by atoms with Crippen molar-refractivity contribution in [2.45, 2.75) is 32.7 Å². The third-order valence-corrected chi connectivity index (χ3v) is 4.61. The maximum Gasteiger partial charge on any atom is 0.0507 e. The van der Waals surface area contributed by atoms with E-state index in [0.717, 1.165) is 26.2 Å². The van der Waals surface area contributed by atoms with E-state index in [9.17, 15) is 0 Å². The summed E-state index contributed by atoms with van der Waals surface area (Å²) < 4.78 is 5.38. The first-order chi connectivity index (χ1) is 7.79. The van der Waals surface area contributed by atoms with Crippen LogP contribution in [0.4, 0.5) is 0 Å². The van der Waals surface area contributed by atoms with E-state index in [2.05, 4.69) is 31.3 Å². The summed E-state index contributed by atoms with van der Waals surface area (Å²) in [5, 5.41) is 3.61. The molecule has 0 bridgehead atoms. The maximum absolute atomic E-state index is 5.38. The van der Waals surface area contributed by atoms with Crippen molar-refractivity contribution >= 4 is 11.3 Å². The van der Waals surface area contributed by atoms with Gasteiger partial charge in [-0.05, 0) is 37.8 Å². The van der Waals surface area contributed by atoms with Crippen molar-refractivity contribution in [3.63, 3.8) is 0 Å². The van der Waals surface area contributed by atoms with E-state index in [1.807, 2.05) is 11.3 Å². The van der Waals surface area contributed by atoms with Crippen molar-refractivity contribution < 1.29 is 4.74 Å². The van der Waals surface area contributed by atoms with Crippen LogP contribution in [-0.4, -0.2) is 19.8 Å². The van der Waals surface area contributed by atoms with Gasteiger partial charge >= 0.3 is 0 Å². The average molecular weight is 239 g/mol. The molecule has 1 N–H and O–H groups in total. The minimum Gasteiger partial charge on any atom is -0.381 e. The van der Waals surface area contributed by atoms with Gasteiger partial charge in [0.15, 0.2) is 0 Å². The Bertz CT molecular complexity index is 317. The van der Waals surface area contributed by atoms with Gasteiger partial charge in [-0.25, -0.2) is 0 Å². The van der Waals surface area contributed by atoms with E-state index in [0.29, 0.717) is 12.0 Å². The van der Waals surface area contributed by atoms with E-state index < -0.39 is 0 Å². The molecule has 2 heterocycles. The van der Waals surface area contributed by atoms with Crippen LogP contribution in [-0.2, 0) is 11.2 Å². The highest BCUT2D eigenvalue weighted by molar-refractivity contribution is 7.12. The quantitative estimate of drug-likeness (QED) is 0.853. The second-order valence-electron chi connectivity index (χ2n) is 4.52. The van der Waals surface area contributed by atoms with Crippen molar-refractivity contribution in [1.82, 2.24) is 5.32 Å². The van der Waals surface area contributed by atoms with Gasteiger partial charge in [0.25, 0.3) is 0 Å². The molecule has 1 aromatic rings. The largest absolute Gasteiger partial charge is 0.381 e. The Morgan fingerprint density at radius 1 is 1.56 bits per heavy atom. The van der Waals surface area contributed by atoms with Crippen molar-refractivity contribution in [3.8, 4) is 0 Å². The van der Waals surface area contributed by atoms with Crippen LogP contribution < -0.4 is 5.32 Å². The molecular weight excluding hydrogens is 218 g/mol. The molecular formula is C13H21NOS. The second kappa shape index (κ2) is 5.80. The van der Waals surface area contributed by atoms with Gasteiger partial charge in [0, 0.05) is 28.9 Å². The van der Waals surface area contributed by atoms with Gasteiger partial charge in [-0.1, -0.05) is 6.92 Å². The van der Waals surface area contributed by atoms with Crippen LogP contribution in [0.5, 0.6) is 0 Å². The molecule has 0 spiro atoms. The average Bonchev–Trinajstić information content (AvgIpc) is 2.96. The van der Waals surface area contributed by atoms with Gasteiger partial charge in [-0.15, -0.1) is 11.3 Å². The number of thiophene rings is 1. The lowest BCUT2D eigenvalue weighted by Crippen LogP contribution is -2.25. The molecule has 2 nitrogen and oxygen atoms in total. The fourth-order valence-corrected chi connectivity index (χ4v) is 2.98. The summed E-state index contributed by atoms with van der Waals surface area (Å²) >= 11 is 1.93. The topological polar surface area (TPSA) is 21.3 Å². The normalized spacial score (nSPS) is 22.5. The Balaban J connectivity index is 1.80. The summed E-state index contributed by atoms with van der Waals surface area (Å²) in [5.74, 6) is 0.716. The Kier molecular flexibility index (Phi) is 4.38. The Morgan fingerprint density at radius 3 is 3.06 bits per heavy atom. The van der Waals surface area contributed by atoms with Crippen LogP contribution in [0.3, 0.4) is 0 Å². The monoisotopic (exact) mass is 239 g/mol. The van der Waals surface area contributed by atoms with Crippen molar-refractivity contribution in [3.05, 3.63) is 21.9 Å². The standard InChI is InChI=1S/C13H21NOS/c1-3-12-4-5-13(16-12)10(2)14-8-11-6-7-15-9-11/h4-5,10-11,14H,3,6-9H2,1-2H3. The molecule has 2 atom stereocenters. The van der Waals surface area contributed by atoms with Crippen LogP contribution in [0.25, 0.3) is 0 Å². The lowest BCUT2D eigenvalue weighted by atomic mass is 10.1. The second-order valence-corrected chi connectivity index (χ2v) is 5.72. The first-order valence-corrected chi connectivity index (χ1v) is 7.01. The smallest absolute Gasteiger partial charge is 0.0507 e.